The van der Waals surface area contributed by atoms with E-state index in [1.54, 1.807) is 0 Å². The second kappa shape index (κ2) is 9.82. The first-order valence-corrected chi connectivity index (χ1v) is 16.9. The van der Waals surface area contributed by atoms with Crippen molar-refractivity contribution < 1.29 is 4.42 Å². The second-order valence-electron chi connectivity index (χ2n) is 13.2. The topological polar surface area (TPSA) is 16.4 Å². The molecule has 0 saturated carbocycles. The summed E-state index contributed by atoms with van der Waals surface area (Å²) in [6.45, 7) is 0. The van der Waals surface area contributed by atoms with Crippen LogP contribution in [0.3, 0.4) is 0 Å². The molecular formula is C47H29NO. The minimum Gasteiger partial charge on any atom is -0.454 e. The lowest BCUT2D eigenvalue weighted by atomic mass is 9.58. The standard InChI is InChI=1S/C47H29NO/c1-2-11-30(12-3-1)31-23-25-33(26-24-31)48(43-21-10-17-38-37-16-5-7-22-44(37)49-46(38)43)34-27-28-36-35-15-4-6-18-39(35)47(42(36)29-34)40-19-8-13-32-14-9-20-41(47)45(32)40/h1-29H. The van der Waals surface area contributed by atoms with Crippen molar-refractivity contribution >= 4 is 49.8 Å². The van der Waals surface area contributed by atoms with Crippen LogP contribution in [0.15, 0.2) is 180 Å². The quantitative estimate of drug-likeness (QED) is 0.194. The van der Waals surface area contributed by atoms with Crippen molar-refractivity contribution in [2.24, 2.45) is 0 Å². The van der Waals surface area contributed by atoms with E-state index in [-0.39, 0.29) is 5.41 Å². The molecular weight excluding hydrogens is 595 g/mol. The van der Waals surface area contributed by atoms with Gasteiger partial charge in [-0.1, -0.05) is 140 Å². The highest BCUT2D eigenvalue weighted by Gasteiger charge is 2.53. The first-order valence-electron chi connectivity index (χ1n) is 16.9. The SMILES string of the molecule is c1ccc(-c2ccc(N(c3ccc4c(c3)C3(c5ccccc5-4)c4cccc5cccc3c45)c3cccc4c3oc3ccccc34)cc2)cc1. The molecule has 0 unspecified atom stereocenters. The largest absolute Gasteiger partial charge is 0.454 e. The third-order valence-electron chi connectivity index (χ3n) is 10.9. The number of fused-ring (bicyclic) bond motifs is 10. The van der Waals surface area contributed by atoms with E-state index in [1.165, 1.54) is 55.3 Å². The molecule has 1 aromatic heterocycles. The molecule has 0 radical (unpaired) electrons. The van der Waals surface area contributed by atoms with Gasteiger partial charge in [0.15, 0.2) is 5.58 Å². The molecule has 0 bridgehead atoms. The van der Waals surface area contributed by atoms with Gasteiger partial charge in [-0.05, 0) is 91.7 Å². The third kappa shape index (κ3) is 3.50. The molecule has 49 heavy (non-hydrogen) atoms. The van der Waals surface area contributed by atoms with Gasteiger partial charge in [-0.25, -0.2) is 0 Å². The molecule has 2 aliphatic rings. The molecule has 0 fully saturated rings. The molecule has 2 nitrogen and oxygen atoms in total. The van der Waals surface area contributed by atoms with Crippen LogP contribution in [0, 0.1) is 0 Å². The van der Waals surface area contributed by atoms with Crippen molar-refractivity contribution in [3.8, 4) is 22.3 Å². The van der Waals surface area contributed by atoms with Crippen molar-refractivity contribution in [3.05, 3.63) is 198 Å². The molecule has 0 atom stereocenters. The molecule has 0 amide bonds. The van der Waals surface area contributed by atoms with Crippen molar-refractivity contribution in [1.82, 2.24) is 0 Å². The van der Waals surface area contributed by atoms with Crippen LogP contribution in [0.4, 0.5) is 17.1 Å². The van der Waals surface area contributed by atoms with E-state index in [0.29, 0.717) is 0 Å². The predicted octanol–water partition coefficient (Wildman–Crippen LogP) is 12.6. The molecule has 2 aliphatic carbocycles. The fourth-order valence-electron chi connectivity index (χ4n) is 8.80. The van der Waals surface area contributed by atoms with Gasteiger partial charge in [-0.3, -0.25) is 0 Å². The van der Waals surface area contributed by atoms with Gasteiger partial charge in [0.05, 0.1) is 11.1 Å². The molecule has 11 rings (SSSR count). The Morgan fingerprint density at radius 1 is 0.429 bits per heavy atom. The van der Waals surface area contributed by atoms with Gasteiger partial charge in [0.25, 0.3) is 0 Å². The monoisotopic (exact) mass is 623 g/mol. The van der Waals surface area contributed by atoms with Gasteiger partial charge >= 0.3 is 0 Å². The van der Waals surface area contributed by atoms with Gasteiger partial charge in [0, 0.05) is 22.1 Å². The summed E-state index contributed by atoms with van der Waals surface area (Å²) in [7, 11) is 0. The molecule has 0 aliphatic heterocycles. The highest BCUT2D eigenvalue weighted by molar-refractivity contribution is 6.11. The molecule has 8 aromatic carbocycles. The second-order valence-corrected chi connectivity index (χ2v) is 13.2. The molecule has 0 N–H and O–H groups in total. The average Bonchev–Trinajstić information content (AvgIpc) is 3.70. The Labute approximate surface area is 284 Å². The number of rotatable bonds is 4. The Morgan fingerprint density at radius 2 is 1.06 bits per heavy atom. The van der Waals surface area contributed by atoms with Gasteiger partial charge in [-0.2, -0.15) is 0 Å². The molecule has 1 spiro atoms. The van der Waals surface area contributed by atoms with Crippen LogP contribution in [0.2, 0.25) is 0 Å². The summed E-state index contributed by atoms with van der Waals surface area (Å²) in [6, 6.07) is 64.0. The number of furan rings is 1. The van der Waals surface area contributed by atoms with E-state index in [9.17, 15) is 0 Å². The Bertz CT molecular complexity index is 2730. The Kier molecular flexibility index (Phi) is 5.34. The van der Waals surface area contributed by atoms with Gasteiger partial charge < -0.3 is 9.32 Å². The van der Waals surface area contributed by atoms with E-state index >= 15 is 0 Å². The zero-order chi connectivity index (χ0) is 32.1. The van der Waals surface area contributed by atoms with Crippen LogP contribution in [0.25, 0.3) is 55.0 Å². The Morgan fingerprint density at radius 3 is 1.90 bits per heavy atom. The number of hydrogen-bond acceptors (Lipinski definition) is 2. The zero-order valence-corrected chi connectivity index (χ0v) is 26.6. The maximum atomic E-state index is 6.66. The fraction of sp³-hybridized carbons (Fsp3) is 0.0213. The fourth-order valence-corrected chi connectivity index (χ4v) is 8.80. The van der Waals surface area contributed by atoms with E-state index < -0.39 is 0 Å². The summed E-state index contributed by atoms with van der Waals surface area (Å²) in [5.41, 5.74) is 15.1. The summed E-state index contributed by atoms with van der Waals surface area (Å²) in [6.07, 6.45) is 0. The van der Waals surface area contributed by atoms with Crippen LogP contribution in [-0.4, -0.2) is 0 Å². The Balaban J connectivity index is 1.17. The molecule has 9 aromatic rings. The predicted molar refractivity (Wildman–Crippen MR) is 202 cm³/mol. The van der Waals surface area contributed by atoms with Crippen molar-refractivity contribution in [2.45, 2.75) is 5.41 Å². The zero-order valence-electron chi connectivity index (χ0n) is 26.6. The average molecular weight is 624 g/mol. The lowest BCUT2D eigenvalue weighted by molar-refractivity contribution is 0.669. The van der Waals surface area contributed by atoms with Crippen LogP contribution < -0.4 is 4.90 Å². The van der Waals surface area contributed by atoms with Crippen LogP contribution in [-0.2, 0) is 5.41 Å². The maximum absolute atomic E-state index is 6.66. The number of hydrogen-bond donors (Lipinski definition) is 0. The smallest absolute Gasteiger partial charge is 0.159 e. The lowest BCUT2D eigenvalue weighted by Crippen LogP contribution is -2.36. The number of benzene rings is 8. The van der Waals surface area contributed by atoms with Crippen LogP contribution >= 0.6 is 0 Å². The summed E-state index contributed by atoms with van der Waals surface area (Å²) < 4.78 is 6.66. The van der Waals surface area contributed by atoms with Crippen LogP contribution in [0.1, 0.15) is 22.3 Å². The third-order valence-corrected chi connectivity index (χ3v) is 10.9. The van der Waals surface area contributed by atoms with Crippen molar-refractivity contribution in [2.75, 3.05) is 4.90 Å². The first kappa shape index (κ1) is 26.7. The highest BCUT2D eigenvalue weighted by atomic mass is 16.3. The lowest BCUT2D eigenvalue weighted by Gasteiger charge is -2.43. The van der Waals surface area contributed by atoms with E-state index in [4.69, 9.17) is 4.42 Å². The highest BCUT2D eigenvalue weighted by Crippen LogP contribution is 2.64. The Hall–Kier alpha value is -6.38. The summed E-state index contributed by atoms with van der Waals surface area (Å²) >= 11 is 0. The molecule has 2 heteroatoms. The van der Waals surface area contributed by atoms with Gasteiger partial charge in [0.2, 0.25) is 0 Å². The van der Waals surface area contributed by atoms with Gasteiger partial charge in [-0.15, -0.1) is 0 Å². The minimum absolute atomic E-state index is 0.313. The van der Waals surface area contributed by atoms with E-state index in [0.717, 1.165) is 39.0 Å². The number of para-hydroxylation sites is 2. The van der Waals surface area contributed by atoms with E-state index in [2.05, 4.69) is 175 Å². The molecule has 0 saturated heterocycles. The minimum atomic E-state index is -0.313. The summed E-state index contributed by atoms with van der Waals surface area (Å²) in [5.74, 6) is 0. The van der Waals surface area contributed by atoms with Crippen molar-refractivity contribution in [3.63, 3.8) is 0 Å². The molecule has 228 valence electrons. The van der Waals surface area contributed by atoms with E-state index in [1.807, 2.05) is 6.07 Å². The maximum Gasteiger partial charge on any atom is 0.159 e. The summed E-state index contributed by atoms with van der Waals surface area (Å²) in [5, 5.41) is 4.93. The van der Waals surface area contributed by atoms with Crippen LogP contribution in [0.5, 0.6) is 0 Å². The number of anilines is 3. The normalized spacial score (nSPS) is 13.5. The molecule has 1 heterocycles. The van der Waals surface area contributed by atoms with Gasteiger partial charge in [0.1, 0.15) is 5.58 Å². The summed E-state index contributed by atoms with van der Waals surface area (Å²) in [4.78, 5) is 2.38. The number of nitrogens with zero attached hydrogens (tertiary/aromatic N) is 1. The first-order chi connectivity index (χ1) is 24.3. The van der Waals surface area contributed by atoms with Crippen molar-refractivity contribution in [1.29, 1.82) is 0 Å².